The molecular weight excluding hydrogens is 254 g/mol. The fourth-order valence-electron chi connectivity index (χ4n) is 1.98. The number of nitrogens with zero attached hydrogens (tertiary/aromatic N) is 1. The van der Waals surface area contributed by atoms with Gasteiger partial charge in [0.15, 0.2) is 11.6 Å². The number of carbonyl (C=O) groups excluding carboxylic acids is 1. The smallest absolute Gasteiger partial charge is 0.363 e. The van der Waals surface area contributed by atoms with Gasteiger partial charge in [-0.05, 0) is 29.7 Å². The molecule has 0 radical (unpaired) electrons. The topological polar surface area (TPSA) is 47.9 Å². The Morgan fingerprint density at radius 1 is 1.40 bits per heavy atom. The van der Waals surface area contributed by atoms with Crippen LogP contribution in [0.1, 0.15) is 44.2 Å². The van der Waals surface area contributed by atoms with E-state index in [1.54, 1.807) is 13.2 Å². The standard InChI is InChI=1S/C16H19NO3/c1-5-15-17-13(16(18)20-15)9-12-8-11(10(2)3)6-7-14(12)19-4/h6-10H,5H2,1-4H3/b13-9-. The van der Waals surface area contributed by atoms with Crippen molar-refractivity contribution in [3.05, 3.63) is 35.0 Å². The third-order valence-electron chi connectivity index (χ3n) is 3.18. The van der Waals surface area contributed by atoms with Gasteiger partial charge in [-0.2, -0.15) is 0 Å². The van der Waals surface area contributed by atoms with Crippen LogP contribution in [0.5, 0.6) is 5.75 Å². The molecule has 0 bridgehead atoms. The Morgan fingerprint density at radius 3 is 2.70 bits per heavy atom. The number of rotatable bonds is 4. The number of aliphatic imine (C=N–C) groups is 1. The van der Waals surface area contributed by atoms with Crippen molar-refractivity contribution in [3.63, 3.8) is 0 Å². The summed E-state index contributed by atoms with van der Waals surface area (Å²) in [7, 11) is 1.61. The molecule has 1 heterocycles. The minimum absolute atomic E-state index is 0.320. The molecule has 0 saturated carbocycles. The van der Waals surface area contributed by atoms with Crippen LogP contribution in [0.4, 0.5) is 0 Å². The van der Waals surface area contributed by atoms with Gasteiger partial charge >= 0.3 is 5.97 Å². The third-order valence-corrected chi connectivity index (χ3v) is 3.18. The average molecular weight is 273 g/mol. The van der Waals surface area contributed by atoms with Crippen molar-refractivity contribution >= 4 is 17.9 Å². The highest BCUT2D eigenvalue weighted by Gasteiger charge is 2.22. The van der Waals surface area contributed by atoms with Crippen molar-refractivity contribution in [2.24, 2.45) is 4.99 Å². The molecule has 0 aliphatic carbocycles. The molecule has 0 N–H and O–H groups in total. The van der Waals surface area contributed by atoms with Gasteiger partial charge < -0.3 is 9.47 Å². The minimum atomic E-state index is -0.404. The Kier molecular flexibility index (Phi) is 4.23. The predicted octanol–water partition coefficient (Wildman–Crippen LogP) is 3.52. The summed E-state index contributed by atoms with van der Waals surface area (Å²) in [6, 6.07) is 5.95. The molecule has 0 unspecified atom stereocenters. The third kappa shape index (κ3) is 2.90. The summed E-state index contributed by atoms with van der Waals surface area (Å²) in [4.78, 5) is 15.9. The number of hydrogen-bond donors (Lipinski definition) is 0. The first-order valence-electron chi connectivity index (χ1n) is 6.74. The lowest BCUT2D eigenvalue weighted by Crippen LogP contribution is -2.02. The molecule has 0 amide bonds. The van der Waals surface area contributed by atoms with Crippen molar-refractivity contribution in [1.29, 1.82) is 0 Å². The number of methoxy groups -OCH3 is 1. The number of carbonyl (C=O) groups is 1. The van der Waals surface area contributed by atoms with Crippen LogP contribution in [0.3, 0.4) is 0 Å². The van der Waals surface area contributed by atoms with E-state index in [2.05, 4.69) is 18.8 Å². The zero-order valence-electron chi connectivity index (χ0n) is 12.3. The van der Waals surface area contributed by atoms with Crippen molar-refractivity contribution in [1.82, 2.24) is 0 Å². The van der Waals surface area contributed by atoms with Gasteiger partial charge in [0.2, 0.25) is 0 Å². The lowest BCUT2D eigenvalue weighted by atomic mass is 10.00. The quantitative estimate of drug-likeness (QED) is 0.623. The van der Waals surface area contributed by atoms with E-state index in [0.29, 0.717) is 23.9 Å². The first-order chi connectivity index (χ1) is 9.55. The molecule has 106 valence electrons. The van der Waals surface area contributed by atoms with E-state index in [4.69, 9.17) is 9.47 Å². The van der Waals surface area contributed by atoms with E-state index in [-0.39, 0.29) is 0 Å². The number of benzene rings is 1. The Bertz CT molecular complexity index is 585. The van der Waals surface area contributed by atoms with E-state index in [0.717, 1.165) is 11.3 Å². The molecule has 2 rings (SSSR count). The molecule has 4 nitrogen and oxygen atoms in total. The van der Waals surface area contributed by atoms with Gasteiger partial charge in [-0.25, -0.2) is 9.79 Å². The summed E-state index contributed by atoms with van der Waals surface area (Å²) in [5, 5.41) is 0. The first-order valence-corrected chi connectivity index (χ1v) is 6.74. The Morgan fingerprint density at radius 2 is 2.15 bits per heavy atom. The molecule has 1 aliphatic rings. The van der Waals surface area contributed by atoms with Gasteiger partial charge in [0.25, 0.3) is 0 Å². The van der Waals surface area contributed by atoms with Crippen molar-refractivity contribution < 1.29 is 14.3 Å². The highest BCUT2D eigenvalue weighted by molar-refractivity contribution is 6.07. The van der Waals surface area contributed by atoms with Crippen LogP contribution >= 0.6 is 0 Å². The van der Waals surface area contributed by atoms with Crippen LogP contribution in [-0.2, 0) is 9.53 Å². The second kappa shape index (κ2) is 5.90. The van der Waals surface area contributed by atoms with Crippen LogP contribution in [0.2, 0.25) is 0 Å². The molecule has 4 heteroatoms. The van der Waals surface area contributed by atoms with Crippen LogP contribution in [0.25, 0.3) is 6.08 Å². The van der Waals surface area contributed by atoms with Gasteiger partial charge in [0, 0.05) is 12.0 Å². The Hall–Kier alpha value is -2.10. The first kappa shape index (κ1) is 14.3. The second-order valence-corrected chi connectivity index (χ2v) is 4.93. The lowest BCUT2D eigenvalue weighted by Gasteiger charge is -2.10. The van der Waals surface area contributed by atoms with E-state index >= 15 is 0 Å². The van der Waals surface area contributed by atoms with Gasteiger partial charge in [-0.3, -0.25) is 0 Å². The summed E-state index contributed by atoms with van der Waals surface area (Å²) >= 11 is 0. The van der Waals surface area contributed by atoms with Crippen LogP contribution in [0, 0.1) is 0 Å². The Labute approximate surface area is 119 Å². The number of ether oxygens (including phenoxy) is 2. The van der Waals surface area contributed by atoms with Crippen LogP contribution < -0.4 is 4.74 Å². The van der Waals surface area contributed by atoms with Gasteiger partial charge in [-0.15, -0.1) is 0 Å². The zero-order chi connectivity index (χ0) is 14.7. The molecule has 20 heavy (non-hydrogen) atoms. The molecule has 0 atom stereocenters. The fourth-order valence-corrected chi connectivity index (χ4v) is 1.98. The zero-order valence-corrected chi connectivity index (χ0v) is 12.3. The summed E-state index contributed by atoms with van der Waals surface area (Å²) in [5.74, 6) is 1.18. The van der Waals surface area contributed by atoms with E-state index < -0.39 is 5.97 Å². The maximum Gasteiger partial charge on any atom is 0.363 e. The fraction of sp³-hybridized carbons (Fsp3) is 0.375. The molecule has 1 aliphatic heterocycles. The van der Waals surface area contributed by atoms with Gasteiger partial charge in [0.1, 0.15) is 5.75 Å². The minimum Gasteiger partial charge on any atom is -0.496 e. The monoisotopic (exact) mass is 273 g/mol. The molecule has 0 spiro atoms. The summed E-state index contributed by atoms with van der Waals surface area (Å²) < 4.78 is 10.4. The van der Waals surface area contributed by atoms with Crippen molar-refractivity contribution in [2.45, 2.75) is 33.1 Å². The van der Waals surface area contributed by atoms with Crippen molar-refractivity contribution in [3.8, 4) is 5.75 Å². The van der Waals surface area contributed by atoms with Crippen LogP contribution in [-0.4, -0.2) is 19.0 Å². The SMILES string of the molecule is CCC1=N/C(=C\c2cc(C(C)C)ccc2OC)C(=O)O1. The highest BCUT2D eigenvalue weighted by Crippen LogP contribution is 2.27. The predicted molar refractivity (Wildman–Crippen MR) is 78.9 cm³/mol. The normalized spacial score (nSPS) is 16.6. The largest absolute Gasteiger partial charge is 0.496 e. The number of esters is 1. The molecule has 1 aromatic rings. The van der Waals surface area contributed by atoms with Crippen LogP contribution in [0.15, 0.2) is 28.9 Å². The molecule has 0 aromatic heterocycles. The van der Waals surface area contributed by atoms with Gasteiger partial charge in [0.05, 0.1) is 7.11 Å². The van der Waals surface area contributed by atoms with Gasteiger partial charge in [-0.1, -0.05) is 26.8 Å². The number of hydrogen-bond acceptors (Lipinski definition) is 4. The molecule has 0 fully saturated rings. The summed E-state index contributed by atoms with van der Waals surface area (Å²) in [6.07, 6.45) is 2.32. The van der Waals surface area contributed by atoms with Crippen molar-refractivity contribution in [2.75, 3.05) is 7.11 Å². The van der Waals surface area contributed by atoms with E-state index in [1.165, 1.54) is 5.56 Å². The highest BCUT2D eigenvalue weighted by atomic mass is 16.6. The molecular formula is C16H19NO3. The van der Waals surface area contributed by atoms with E-state index in [1.807, 2.05) is 25.1 Å². The lowest BCUT2D eigenvalue weighted by molar-refractivity contribution is -0.130. The average Bonchev–Trinajstić information content (AvgIpc) is 2.79. The Balaban J connectivity index is 2.44. The molecule has 1 aromatic carbocycles. The number of cyclic esters (lactones) is 1. The maximum absolute atomic E-state index is 11.7. The maximum atomic E-state index is 11.7. The summed E-state index contributed by atoms with van der Waals surface area (Å²) in [5.41, 5.74) is 2.34. The van der Waals surface area contributed by atoms with E-state index in [9.17, 15) is 4.79 Å². The molecule has 0 saturated heterocycles. The second-order valence-electron chi connectivity index (χ2n) is 4.93. The summed E-state index contributed by atoms with van der Waals surface area (Å²) in [6.45, 7) is 6.14.